The van der Waals surface area contributed by atoms with Crippen LogP contribution in [0.2, 0.25) is 0 Å². The van der Waals surface area contributed by atoms with Crippen molar-refractivity contribution in [1.82, 2.24) is 15.0 Å². The lowest BCUT2D eigenvalue weighted by Gasteiger charge is -2.09. The molecule has 1 rings (SSSR count). The number of ether oxygens (including phenoxy) is 2. The van der Waals surface area contributed by atoms with Crippen molar-refractivity contribution in [2.75, 3.05) is 37.6 Å². The molecule has 0 radical (unpaired) electrons. The minimum atomic E-state index is 0.200. The molecule has 1 aromatic rings. The third-order valence-corrected chi connectivity index (χ3v) is 2.30. The quantitative estimate of drug-likeness (QED) is 0.341. The Bertz CT molecular complexity index is 352. The van der Waals surface area contributed by atoms with Gasteiger partial charge in [0.15, 0.2) is 0 Å². The van der Waals surface area contributed by atoms with E-state index in [9.17, 15) is 0 Å². The van der Waals surface area contributed by atoms with Crippen molar-refractivity contribution < 1.29 is 9.47 Å². The Hall–Kier alpha value is -1.67. The number of nitrogens with two attached hydrogens (primary N) is 1. The van der Waals surface area contributed by atoms with Crippen LogP contribution in [-0.4, -0.2) is 41.8 Å². The fraction of sp³-hybridized carbons (Fsp3) is 0.727. The number of aromatic nitrogens is 3. The second-order valence-electron chi connectivity index (χ2n) is 4.34. The maximum atomic E-state index is 5.47. The zero-order valence-corrected chi connectivity index (χ0v) is 11.6. The summed E-state index contributed by atoms with van der Waals surface area (Å²) in [4.78, 5) is 12.0. The molecule has 0 amide bonds. The summed E-state index contributed by atoms with van der Waals surface area (Å²) >= 11 is 0. The molecule has 8 heteroatoms. The van der Waals surface area contributed by atoms with E-state index in [2.05, 4.69) is 39.5 Å². The third-order valence-electron chi connectivity index (χ3n) is 2.30. The first-order chi connectivity index (χ1) is 9.15. The highest BCUT2D eigenvalue weighted by molar-refractivity contribution is 5.34. The molecule has 0 spiro atoms. The van der Waals surface area contributed by atoms with Crippen molar-refractivity contribution in [2.45, 2.75) is 20.3 Å². The molecule has 0 aliphatic heterocycles. The average Bonchev–Trinajstić information content (AvgIpc) is 2.41. The largest absolute Gasteiger partial charge is 0.467 e. The van der Waals surface area contributed by atoms with Crippen LogP contribution in [0.1, 0.15) is 20.3 Å². The fourth-order valence-electron chi connectivity index (χ4n) is 1.25. The number of hydrogen-bond donors (Lipinski definition) is 3. The van der Waals surface area contributed by atoms with E-state index in [0.717, 1.165) is 13.0 Å². The molecule has 0 bridgehead atoms. The van der Waals surface area contributed by atoms with Crippen molar-refractivity contribution in [1.29, 1.82) is 0 Å². The van der Waals surface area contributed by atoms with E-state index in [0.29, 0.717) is 25.0 Å². The van der Waals surface area contributed by atoms with Gasteiger partial charge >= 0.3 is 6.01 Å². The molecule has 19 heavy (non-hydrogen) atoms. The molecule has 0 unspecified atom stereocenters. The molecule has 1 aromatic heterocycles. The first-order valence-electron chi connectivity index (χ1n) is 6.24. The number of nitrogens with zero attached hydrogens (tertiary/aromatic N) is 3. The molecular formula is C11H22N6O2. The standard InChI is InChI=1S/C11H22N6O2/c1-8(2)4-6-19-7-5-13-9-14-10(17-12)16-11(15-9)18-3/h8H,4-7,12H2,1-3H3,(H2,13,14,15,16,17). The van der Waals surface area contributed by atoms with Crippen LogP contribution < -0.4 is 21.3 Å². The first-order valence-corrected chi connectivity index (χ1v) is 6.24. The summed E-state index contributed by atoms with van der Waals surface area (Å²) in [5, 5.41) is 3.02. The van der Waals surface area contributed by atoms with Crippen LogP contribution in [0.3, 0.4) is 0 Å². The molecule has 0 aromatic carbocycles. The smallest absolute Gasteiger partial charge is 0.322 e. The SMILES string of the molecule is COc1nc(NN)nc(NCCOCCC(C)C)n1. The minimum Gasteiger partial charge on any atom is -0.467 e. The van der Waals surface area contributed by atoms with Crippen LogP contribution in [0.25, 0.3) is 0 Å². The van der Waals surface area contributed by atoms with Gasteiger partial charge in [-0.25, -0.2) is 5.84 Å². The monoisotopic (exact) mass is 270 g/mol. The van der Waals surface area contributed by atoms with Crippen molar-refractivity contribution in [3.63, 3.8) is 0 Å². The highest BCUT2D eigenvalue weighted by Crippen LogP contribution is 2.09. The van der Waals surface area contributed by atoms with Gasteiger partial charge in [0.1, 0.15) is 0 Å². The molecule has 0 atom stereocenters. The van der Waals surface area contributed by atoms with E-state index in [1.165, 1.54) is 7.11 Å². The number of nitrogens with one attached hydrogen (secondary N) is 2. The minimum absolute atomic E-state index is 0.200. The predicted octanol–water partition coefficient (Wildman–Crippen LogP) is 0.640. The van der Waals surface area contributed by atoms with Gasteiger partial charge in [0.25, 0.3) is 0 Å². The maximum absolute atomic E-state index is 5.47. The maximum Gasteiger partial charge on any atom is 0.322 e. The van der Waals surface area contributed by atoms with Crippen LogP contribution in [0.4, 0.5) is 11.9 Å². The van der Waals surface area contributed by atoms with Crippen LogP contribution in [-0.2, 0) is 4.74 Å². The van der Waals surface area contributed by atoms with E-state index in [4.69, 9.17) is 15.3 Å². The van der Waals surface area contributed by atoms with E-state index < -0.39 is 0 Å². The van der Waals surface area contributed by atoms with Crippen molar-refractivity contribution in [2.24, 2.45) is 11.8 Å². The Morgan fingerprint density at radius 1 is 1.16 bits per heavy atom. The van der Waals surface area contributed by atoms with Crippen molar-refractivity contribution in [3.05, 3.63) is 0 Å². The zero-order chi connectivity index (χ0) is 14.1. The summed E-state index contributed by atoms with van der Waals surface area (Å²) in [6.45, 7) is 6.29. The van der Waals surface area contributed by atoms with Crippen LogP contribution in [0, 0.1) is 5.92 Å². The zero-order valence-electron chi connectivity index (χ0n) is 11.6. The number of methoxy groups -OCH3 is 1. The lowest BCUT2D eigenvalue weighted by atomic mass is 10.1. The second kappa shape index (κ2) is 8.44. The number of anilines is 2. The number of nitrogen functional groups attached to an aromatic ring is 1. The topological polar surface area (TPSA) is 107 Å². The fourth-order valence-corrected chi connectivity index (χ4v) is 1.25. The molecule has 0 saturated heterocycles. The Morgan fingerprint density at radius 2 is 1.89 bits per heavy atom. The summed E-state index contributed by atoms with van der Waals surface area (Å²) in [7, 11) is 1.48. The normalized spacial score (nSPS) is 10.6. The third kappa shape index (κ3) is 6.16. The lowest BCUT2D eigenvalue weighted by molar-refractivity contribution is 0.132. The van der Waals surface area contributed by atoms with Crippen molar-refractivity contribution in [3.8, 4) is 6.01 Å². The number of hydrazine groups is 1. The Morgan fingerprint density at radius 3 is 2.53 bits per heavy atom. The van der Waals surface area contributed by atoms with Crippen LogP contribution in [0.15, 0.2) is 0 Å². The van der Waals surface area contributed by atoms with Gasteiger partial charge < -0.3 is 14.8 Å². The lowest BCUT2D eigenvalue weighted by Crippen LogP contribution is -2.16. The van der Waals surface area contributed by atoms with E-state index in [1.807, 2.05) is 0 Å². The predicted molar refractivity (Wildman–Crippen MR) is 73.0 cm³/mol. The van der Waals surface area contributed by atoms with E-state index in [-0.39, 0.29) is 12.0 Å². The summed E-state index contributed by atoms with van der Waals surface area (Å²) in [5.41, 5.74) is 2.35. The molecule has 108 valence electrons. The molecule has 4 N–H and O–H groups in total. The highest BCUT2D eigenvalue weighted by atomic mass is 16.5. The number of rotatable bonds is 9. The van der Waals surface area contributed by atoms with Gasteiger partial charge in [-0.1, -0.05) is 13.8 Å². The molecule has 1 heterocycles. The molecule has 0 fully saturated rings. The summed E-state index contributed by atoms with van der Waals surface area (Å²) in [5.74, 6) is 6.55. The second-order valence-corrected chi connectivity index (χ2v) is 4.34. The molecular weight excluding hydrogens is 248 g/mol. The van der Waals surface area contributed by atoms with E-state index >= 15 is 0 Å². The Labute approximate surface area is 113 Å². The molecule has 0 aliphatic rings. The van der Waals surface area contributed by atoms with Gasteiger partial charge in [-0.2, -0.15) is 15.0 Å². The van der Waals surface area contributed by atoms with Gasteiger partial charge in [0.2, 0.25) is 11.9 Å². The van der Waals surface area contributed by atoms with Gasteiger partial charge in [0.05, 0.1) is 13.7 Å². The summed E-state index contributed by atoms with van der Waals surface area (Å²) < 4.78 is 10.4. The van der Waals surface area contributed by atoms with Crippen molar-refractivity contribution >= 4 is 11.9 Å². The van der Waals surface area contributed by atoms with Gasteiger partial charge in [-0.3, -0.25) is 5.43 Å². The summed E-state index contributed by atoms with van der Waals surface area (Å²) in [6.07, 6.45) is 1.06. The van der Waals surface area contributed by atoms with Gasteiger partial charge in [-0.15, -0.1) is 0 Å². The molecule has 0 saturated carbocycles. The van der Waals surface area contributed by atoms with Crippen LogP contribution >= 0.6 is 0 Å². The molecule has 8 nitrogen and oxygen atoms in total. The molecule has 0 aliphatic carbocycles. The first kappa shape index (κ1) is 15.4. The average molecular weight is 270 g/mol. The van der Waals surface area contributed by atoms with Gasteiger partial charge in [0, 0.05) is 13.2 Å². The summed E-state index contributed by atoms with van der Waals surface area (Å²) in [6, 6.07) is 0.200. The van der Waals surface area contributed by atoms with E-state index in [1.54, 1.807) is 0 Å². The van der Waals surface area contributed by atoms with Crippen LogP contribution in [0.5, 0.6) is 6.01 Å². The Balaban J connectivity index is 2.32. The highest BCUT2D eigenvalue weighted by Gasteiger charge is 2.05. The Kier molecular flexibility index (Phi) is 6.83. The number of hydrogen-bond acceptors (Lipinski definition) is 8. The van der Waals surface area contributed by atoms with Gasteiger partial charge in [-0.05, 0) is 12.3 Å².